The fourth-order valence-electron chi connectivity index (χ4n) is 3.34. The number of oxazole rings is 1. The molecule has 0 aliphatic carbocycles. The topological polar surface area (TPSA) is 58.4 Å². The molecule has 1 unspecified atom stereocenters. The number of carbonyl (C=O) groups excluding carboxylic acids is 1. The van der Waals surface area contributed by atoms with Gasteiger partial charge >= 0.3 is 0 Å². The third-order valence-corrected chi connectivity index (χ3v) is 4.59. The summed E-state index contributed by atoms with van der Waals surface area (Å²) in [5.41, 5.74) is 2.35. The van der Waals surface area contributed by atoms with E-state index < -0.39 is 0 Å². The van der Waals surface area contributed by atoms with Gasteiger partial charge in [0, 0.05) is 11.6 Å². The molecule has 24 heavy (non-hydrogen) atoms. The fraction of sp³-hybridized carbons (Fsp3) is 0.579. The number of nitrogens with zero attached hydrogens (tertiary/aromatic N) is 2. The van der Waals surface area contributed by atoms with Crippen LogP contribution in [-0.4, -0.2) is 34.9 Å². The number of hydrogen-bond donors (Lipinski definition) is 1. The second kappa shape index (κ2) is 7.34. The molecule has 0 bridgehead atoms. The van der Waals surface area contributed by atoms with E-state index in [0.717, 1.165) is 55.0 Å². The number of carbonyl (C=O) groups is 1. The lowest BCUT2D eigenvalue weighted by molar-refractivity contribution is -0.122. The maximum absolute atomic E-state index is 12.7. The number of rotatable bonds is 5. The van der Waals surface area contributed by atoms with E-state index in [1.165, 1.54) is 6.42 Å². The van der Waals surface area contributed by atoms with Crippen molar-refractivity contribution in [2.24, 2.45) is 0 Å². The van der Waals surface area contributed by atoms with Gasteiger partial charge in [0.2, 0.25) is 5.91 Å². The summed E-state index contributed by atoms with van der Waals surface area (Å²) in [6, 6.07) is 5.66. The Morgan fingerprint density at radius 1 is 1.42 bits per heavy atom. The molecule has 5 nitrogen and oxygen atoms in total. The summed E-state index contributed by atoms with van der Waals surface area (Å²) in [7, 11) is 0. The molecule has 1 amide bonds. The molecular weight excluding hydrogens is 302 g/mol. The van der Waals surface area contributed by atoms with Crippen LogP contribution in [0.15, 0.2) is 22.6 Å². The molecule has 1 saturated heterocycles. The van der Waals surface area contributed by atoms with Crippen molar-refractivity contribution in [2.75, 3.05) is 18.4 Å². The molecule has 0 radical (unpaired) electrons. The van der Waals surface area contributed by atoms with Crippen LogP contribution >= 0.6 is 0 Å². The maximum atomic E-state index is 12.7. The van der Waals surface area contributed by atoms with Crippen molar-refractivity contribution in [3.05, 3.63) is 24.1 Å². The van der Waals surface area contributed by atoms with Crippen LogP contribution in [0.4, 0.5) is 5.69 Å². The van der Waals surface area contributed by atoms with Gasteiger partial charge in [-0.2, -0.15) is 0 Å². The quantitative estimate of drug-likeness (QED) is 0.895. The first-order valence-electron chi connectivity index (χ1n) is 9.04. The van der Waals surface area contributed by atoms with Gasteiger partial charge in [0.05, 0.1) is 6.04 Å². The molecule has 1 N–H and O–H groups in total. The predicted octanol–water partition coefficient (Wildman–Crippen LogP) is 4.15. The Bertz CT molecular complexity index is 706. The van der Waals surface area contributed by atoms with E-state index in [1.807, 2.05) is 18.2 Å². The fourth-order valence-corrected chi connectivity index (χ4v) is 3.34. The summed E-state index contributed by atoms with van der Waals surface area (Å²) >= 11 is 0. The molecule has 1 fully saturated rings. The average molecular weight is 329 g/mol. The number of amides is 1. The van der Waals surface area contributed by atoms with E-state index in [-0.39, 0.29) is 17.9 Å². The number of hydrogen-bond acceptors (Lipinski definition) is 4. The van der Waals surface area contributed by atoms with E-state index in [4.69, 9.17) is 4.42 Å². The highest BCUT2D eigenvalue weighted by molar-refractivity contribution is 5.96. The van der Waals surface area contributed by atoms with Crippen LogP contribution in [0.2, 0.25) is 0 Å². The van der Waals surface area contributed by atoms with E-state index in [1.54, 1.807) is 0 Å². The van der Waals surface area contributed by atoms with E-state index in [0.29, 0.717) is 0 Å². The number of benzene rings is 1. The average Bonchev–Trinajstić information content (AvgIpc) is 2.99. The highest BCUT2D eigenvalue weighted by Gasteiger charge is 2.28. The van der Waals surface area contributed by atoms with Crippen LogP contribution < -0.4 is 5.32 Å². The highest BCUT2D eigenvalue weighted by atomic mass is 16.3. The Labute approximate surface area is 143 Å². The Morgan fingerprint density at radius 2 is 2.25 bits per heavy atom. The SMILES string of the molecule is CCCN1CCCCC1C(=O)Nc1ccc2oc(C(C)C)nc2c1. The number of piperidine rings is 1. The van der Waals surface area contributed by atoms with Crippen molar-refractivity contribution in [3.63, 3.8) is 0 Å². The minimum Gasteiger partial charge on any atom is -0.440 e. The second-order valence-electron chi connectivity index (χ2n) is 6.93. The molecule has 1 atom stereocenters. The lowest BCUT2D eigenvalue weighted by Gasteiger charge is -2.34. The Morgan fingerprint density at radius 3 is 3.00 bits per heavy atom. The monoisotopic (exact) mass is 329 g/mol. The van der Waals surface area contributed by atoms with Crippen LogP contribution in [0.1, 0.15) is 58.3 Å². The summed E-state index contributed by atoms with van der Waals surface area (Å²) in [6.07, 6.45) is 4.33. The minimum absolute atomic E-state index is 0.0158. The predicted molar refractivity (Wildman–Crippen MR) is 96.2 cm³/mol. The van der Waals surface area contributed by atoms with Crippen LogP contribution in [0, 0.1) is 0 Å². The summed E-state index contributed by atoms with van der Waals surface area (Å²) in [5, 5.41) is 3.07. The van der Waals surface area contributed by atoms with Crippen LogP contribution in [-0.2, 0) is 4.79 Å². The lowest BCUT2D eigenvalue weighted by atomic mass is 10.0. The molecule has 3 rings (SSSR count). The summed E-state index contributed by atoms with van der Waals surface area (Å²) in [6.45, 7) is 8.27. The zero-order valence-corrected chi connectivity index (χ0v) is 14.8. The summed E-state index contributed by atoms with van der Waals surface area (Å²) < 4.78 is 5.72. The third-order valence-electron chi connectivity index (χ3n) is 4.59. The van der Waals surface area contributed by atoms with Crippen molar-refractivity contribution in [2.45, 2.75) is 58.4 Å². The molecule has 1 aromatic heterocycles. The first kappa shape index (κ1) is 17.0. The molecule has 1 aliphatic heterocycles. The van der Waals surface area contributed by atoms with Gasteiger partial charge in [-0.15, -0.1) is 0 Å². The van der Waals surface area contributed by atoms with Gasteiger partial charge in [0.25, 0.3) is 0 Å². The van der Waals surface area contributed by atoms with E-state index in [9.17, 15) is 4.79 Å². The first-order chi connectivity index (χ1) is 11.6. The summed E-state index contributed by atoms with van der Waals surface area (Å²) in [4.78, 5) is 19.5. The molecular formula is C19H27N3O2. The van der Waals surface area contributed by atoms with Crippen molar-refractivity contribution < 1.29 is 9.21 Å². The largest absolute Gasteiger partial charge is 0.440 e. The molecule has 130 valence electrons. The normalized spacial score (nSPS) is 19.1. The van der Waals surface area contributed by atoms with Crippen LogP contribution in [0.5, 0.6) is 0 Å². The lowest BCUT2D eigenvalue weighted by Crippen LogP contribution is -2.47. The molecule has 5 heteroatoms. The van der Waals surface area contributed by atoms with Crippen molar-refractivity contribution in [1.29, 1.82) is 0 Å². The number of fused-ring (bicyclic) bond motifs is 1. The number of anilines is 1. The first-order valence-corrected chi connectivity index (χ1v) is 9.04. The van der Waals surface area contributed by atoms with Crippen molar-refractivity contribution in [1.82, 2.24) is 9.88 Å². The molecule has 1 aliphatic rings. The maximum Gasteiger partial charge on any atom is 0.241 e. The Kier molecular flexibility index (Phi) is 5.19. The Hall–Kier alpha value is -1.88. The van der Waals surface area contributed by atoms with Gasteiger partial charge < -0.3 is 9.73 Å². The van der Waals surface area contributed by atoms with Gasteiger partial charge in [-0.3, -0.25) is 9.69 Å². The number of nitrogens with one attached hydrogen (secondary N) is 1. The zero-order valence-electron chi connectivity index (χ0n) is 14.8. The molecule has 1 aromatic carbocycles. The van der Waals surface area contributed by atoms with Crippen molar-refractivity contribution >= 4 is 22.7 Å². The van der Waals surface area contributed by atoms with E-state index in [2.05, 4.69) is 36.0 Å². The van der Waals surface area contributed by atoms with Gasteiger partial charge in [-0.05, 0) is 50.6 Å². The van der Waals surface area contributed by atoms with Gasteiger partial charge in [0.1, 0.15) is 5.52 Å². The zero-order chi connectivity index (χ0) is 17.1. The minimum atomic E-state index is -0.0158. The Balaban J connectivity index is 1.74. The van der Waals surface area contributed by atoms with Gasteiger partial charge in [-0.25, -0.2) is 4.98 Å². The third kappa shape index (κ3) is 3.61. The van der Waals surface area contributed by atoms with Crippen LogP contribution in [0.3, 0.4) is 0 Å². The van der Waals surface area contributed by atoms with Crippen LogP contribution in [0.25, 0.3) is 11.1 Å². The van der Waals surface area contributed by atoms with Gasteiger partial charge in [-0.1, -0.05) is 27.2 Å². The molecule has 2 heterocycles. The second-order valence-corrected chi connectivity index (χ2v) is 6.93. The number of likely N-dealkylation sites (tertiary alicyclic amines) is 1. The summed E-state index contributed by atoms with van der Waals surface area (Å²) in [5.74, 6) is 1.07. The standard InChI is InChI=1S/C19H27N3O2/c1-4-10-22-11-6-5-7-16(22)18(23)20-14-8-9-17-15(12-14)21-19(24-17)13(2)3/h8-9,12-13,16H,4-7,10-11H2,1-3H3,(H,20,23). The highest BCUT2D eigenvalue weighted by Crippen LogP contribution is 2.25. The molecule has 0 spiro atoms. The number of aromatic nitrogens is 1. The van der Waals surface area contributed by atoms with Gasteiger partial charge in [0.15, 0.2) is 11.5 Å². The molecule has 0 saturated carbocycles. The smallest absolute Gasteiger partial charge is 0.241 e. The molecule has 2 aromatic rings. The van der Waals surface area contributed by atoms with E-state index >= 15 is 0 Å². The van der Waals surface area contributed by atoms with Crippen molar-refractivity contribution in [3.8, 4) is 0 Å².